The lowest BCUT2D eigenvalue weighted by Crippen LogP contribution is -2.12. The fourth-order valence-corrected chi connectivity index (χ4v) is 2.35. The molecule has 2 heteroatoms. The fraction of sp³-hybridized carbons (Fsp3) is 0.929. The minimum absolute atomic E-state index is 0.0124. The third-order valence-electron chi connectivity index (χ3n) is 3.45. The van der Waals surface area contributed by atoms with Crippen molar-refractivity contribution in [3.63, 3.8) is 0 Å². The van der Waals surface area contributed by atoms with Crippen LogP contribution in [0.1, 0.15) is 65.2 Å². The summed E-state index contributed by atoms with van der Waals surface area (Å²) < 4.78 is 5.15. The summed E-state index contributed by atoms with van der Waals surface area (Å²) in [6, 6.07) is 0. The standard InChI is InChI=1S/C14H26O2/c1-12(2)14(15)16-11-7-6-10-13-8-4-3-5-9-13/h12-13H,3-11H2,1-2H3. The van der Waals surface area contributed by atoms with Crippen LogP contribution in [-0.4, -0.2) is 12.6 Å². The van der Waals surface area contributed by atoms with E-state index in [-0.39, 0.29) is 11.9 Å². The van der Waals surface area contributed by atoms with Crippen molar-refractivity contribution in [2.24, 2.45) is 11.8 Å². The van der Waals surface area contributed by atoms with Crippen molar-refractivity contribution in [3.05, 3.63) is 0 Å². The molecule has 0 aromatic rings. The average Bonchev–Trinajstić information content (AvgIpc) is 2.29. The Labute approximate surface area is 99.8 Å². The zero-order valence-corrected chi connectivity index (χ0v) is 10.8. The molecule has 0 unspecified atom stereocenters. The molecule has 16 heavy (non-hydrogen) atoms. The lowest BCUT2D eigenvalue weighted by Gasteiger charge is -2.21. The van der Waals surface area contributed by atoms with Crippen molar-refractivity contribution >= 4 is 5.97 Å². The van der Waals surface area contributed by atoms with Crippen LogP contribution in [0.25, 0.3) is 0 Å². The first-order valence-corrected chi connectivity index (χ1v) is 6.87. The molecule has 0 amide bonds. The fourth-order valence-electron chi connectivity index (χ4n) is 2.35. The molecule has 0 aromatic heterocycles. The number of rotatable bonds is 6. The van der Waals surface area contributed by atoms with Crippen molar-refractivity contribution in [3.8, 4) is 0 Å². The quantitative estimate of drug-likeness (QED) is 0.506. The van der Waals surface area contributed by atoms with Crippen LogP contribution in [0.2, 0.25) is 0 Å². The molecular weight excluding hydrogens is 200 g/mol. The topological polar surface area (TPSA) is 26.3 Å². The molecule has 1 saturated carbocycles. The van der Waals surface area contributed by atoms with Crippen LogP contribution < -0.4 is 0 Å². The number of ether oxygens (including phenoxy) is 1. The van der Waals surface area contributed by atoms with Gasteiger partial charge in [0.25, 0.3) is 0 Å². The Morgan fingerprint density at radius 2 is 1.88 bits per heavy atom. The van der Waals surface area contributed by atoms with E-state index in [0.29, 0.717) is 6.61 Å². The minimum Gasteiger partial charge on any atom is -0.465 e. The SMILES string of the molecule is CC(C)C(=O)OCCCCC1CCCCC1. The van der Waals surface area contributed by atoms with Crippen LogP contribution >= 0.6 is 0 Å². The number of hydrogen-bond acceptors (Lipinski definition) is 2. The Morgan fingerprint density at radius 3 is 2.50 bits per heavy atom. The van der Waals surface area contributed by atoms with E-state index >= 15 is 0 Å². The Morgan fingerprint density at radius 1 is 1.19 bits per heavy atom. The van der Waals surface area contributed by atoms with Crippen molar-refractivity contribution in [1.82, 2.24) is 0 Å². The summed E-state index contributed by atoms with van der Waals surface area (Å²) in [6.45, 7) is 4.37. The molecule has 2 nitrogen and oxygen atoms in total. The summed E-state index contributed by atoms with van der Waals surface area (Å²) in [5, 5.41) is 0. The zero-order chi connectivity index (χ0) is 11.8. The van der Waals surface area contributed by atoms with Gasteiger partial charge in [-0.2, -0.15) is 0 Å². The number of unbranched alkanes of at least 4 members (excludes halogenated alkanes) is 1. The van der Waals surface area contributed by atoms with E-state index in [1.165, 1.54) is 44.9 Å². The number of carbonyl (C=O) groups excluding carboxylic acids is 1. The first-order valence-electron chi connectivity index (χ1n) is 6.87. The van der Waals surface area contributed by atoms with Crippen molar-refractivity contribution < 1.29 is 9.53 Å². The number of hydrogen-bond donors (Lipinski definition) is 0. The molecule has 94 valence electrons. The molecule has 0 aromatic carbocycles. The van der Waals surface area contributed by atoms with Crippen molar-refractivity contribution in [2.45, 2.75) is 65.2 Å². The molecule has 0 N–H and O–H groups in total. The van der Waals surface area contributed by atoms with Crippen LogP contribution in [0.4, 0.5) is 0 Å². The van der Waals surface area contributed by atoms with Gasteiger partial charge in [0, 0.05) is 0 Å². The molecule has 0 radical (unpaired) electrons. The second-order valence-corrected chi connectivity index (χ2v) is 5.32. The van der Waals surface area contributed by atoms with E-state index in [2.05, 4.69) is 0 Å². The molecular formula is C14H26O2. The first kappa shape index (κ1) is 13.5. The Bertz CT molecular complexity index is 193. The number of esters is 1. The molecule has 0 atom stereocenters. The maximum atomic E-state index is 11.2. The smallest absolute Gasteiger partial charge is 0.308 e. The highest BCUT2D eigenvalue weighted by molar-refractivity contribution is 5.71. The monoisotopic (exact) mass is 226 g/mol. The average molecular weight is 226 g/mol. The second kappa shape index (κ2) is 7.70. The molecule has 0 aliphatic heterocycles. The van der Waals surface area contributed by atoms with Crippen LogP contribution in [0.15, 0.2) is 0 Å². The Hall–Kier alpha value is -0.530. The first-order chi connectivity index (χ1) is 7.70. The zero-order valence-electron chi connectivity index (χ0n) is 10.8. The molecule has 1 aliphatic carbocycles. The summed E-state index contributed by atoms with van der Waals surface area (Å²) in [5.41, 5.74) is 0. The lowest BCUT2D eigenvalue weighted by atomic mass is 9.86. The summed E-state index contributed by atoms with van der Waals surface area (Å²) in [5.74, 6) is 0.908. The minimum atomic E-state index is -0.0577. The second-order valence-electron chi connectivity index (χ2n) is 5.32. The maximum Gasteiger partial charge on any atom is 0.308 e. The van der Waals surface area contributed by atoms with Gasteiger partial charge in [-0.3, -0.25) is 4.79 Å². The van der Waals surface area contributed by atoms with Crippen molar-refractivity contribution in [1.29, 1.82) is 0 Å². The van der Waals surface area contributed by atoms with Gasteiger partial charge in [0.15, 0.2) is 0 Å². The molecule has 0 heterocycles. The van der Waals surface area contributed by atoms with Gasteiger partial charge in [0.1, 0.15) is 0 Å². The van der Waals surface area contributed by atoms with Gasteiger partial charge < -0.3 is 4.74 Å². The number of carbonyl (C=O) groups is 1. The van der Waals surface area contributed by atoms with Gasteiger partial charge in [-0.1, -0.05) is 52.4 Å². The van der Waals surface area contributed by atoms with Gasteiger partial charge in [0.05, 0.1) is 12.5 Å². The predicted octanol–water partition coefficient (Wildman–Crippen LogP) is 3.94. The largest absolute Gasteiger partial charge is 0.465 e. The molecule has 1 fully saturated rings. The summed E-state index contributed by atoms with van der Waals surface area (Å²) in [6.07, 6.45) is 10.7. The molecule has 0 spiro atoms. The molecule has 1 aliphatic rings. The van der Waals surface area contributed by atoms with E-state index in [1.54, 1.807) is 0 Å². The van der Waals surface area contributed by atoms with Crippen LogP contribution in [0.5, 0.6) is 0 Å². The van der Waals surface area contributed by atoms with Crippen molar-refractivity contribution in [2.75, 3.05) is 6.61 Å². The Balaban J connectivity index is 1.93. The molecule has 1 rings (SSSR count). The lowest BCUT2D eigenvalue weighted by molar-refractivity contribution is -0.147. The predicted molar refractivity (Wildman–Crippen MR) is 66.2 cm³/mol. The third kappa shape index (κ3) is 5.53. The maximum absolute atomic E-state index is 11.2. The van der Waals surface area contributed by atoms with Gasteiger partial charge in [0.2, 0.25) is 0 Å². The molecule has 0 saturated heterocycles. The van der Waals surface area contributed by atoms with Crippen LogP contribution in [0, 0.1) is 11.8 Å². The van der Waals surface area contributed by atoms with E-state index < -0.39 is 0 Å². The summed E-state index contributed by atoms with van der Waals surface area (Å²) >= 11 is 0. The normalized spacial score (nSPS) is 17.7. The van der Waals surface area contributed by atoms with Crippen LogP contribution in [-0.2, 0) is 9.53 Å². The summed E-state index contributed by atoms with van der Waals surface area (Å²) in [7, 11) is 0. The van der Waals surface area contributed by atoms with Gasteiger partial charge in [-0.25, -0.2) is 0 Å². The highest BCUT2D eigenvalue weighted by Gasteiger charge is 2.13. The van der Waals surface area contributed by atoms with Gasteiger partial charge >= 0.3 is 5.97 Å². The van der Waals surface area contributed by atoms with Gasteiger partial charge in [-0.15, -0.1) is 0 Å². The Kier molecular flexibility index (Phi) is 6.51. The highest BCUT2D eigenvalue weighted by Crippen LogP contribution is 2.27. The van der Waals surface area contributed by atoms with E-state index in [4.69, 9.17) is 4.74 Å². The summed E-state index contributed by atoms with van der Waals surface area (Å²) in [4.78, 5) is 11.2. The van der Waals surface area contributed by atoms with E-state index in [0.717, 1.165) is 12.3 Å². The van der Waals surface area contributed by atoms with Gasteiger partial charge in [-0.05, 0) is 18.8 Å². The highest BCUT2D eigenvalue weighted by atomic mass is 16.5. The van der Waals surface area contributed by atoms with E-state index in [9.17, 15) is 4.79 Å². The van der Waals surface area contributed by atoms with E-state index in [1.807, 2.05) is 13.8 Å². The third-order valence-corrected chi connectivity index (χ3v) is 3.45. The van der Waals surface area contributed by atoms with Crippen LogP contribution in [0.3, 0.4) is 0 Å². The molecule has 0 bridgehead atoms.